The van der Waals surface area contributed by atoms with E-state index in [4.69, 9.17) is 9.15 Å². The Balaban J connectivity index is 2.51. The van der Waals surface area contributed by atoms with Gasteiger partial charge in [-0.05, 0) is 47.7 Å². The molecule has 0 atom stereocenters. The molecule has 3 nitrogen and oxygen atoms in total. The van der Waals surface area contributed by atoms with Gasteiger partial charge in [0.15, 0.2) is 0 Å². The van der Waals surface area contributed by atoms with E-state index in [9.17, 15) is 0 Å². The molecular formula is C11H10INO2. The molecule has 2 rings (SSSR count). The van der Waals surface area contributed by atoms with Gasteiger partial charge in [0, 0.05) is 3.57 Å². The molecule has 4 heteroatoms. The second kappa shape index (κ2) is 4.22. The summed E-state index contributed by atoms with van der Waals surface area (Å²) in [5.74, 6) is 2.25. The van der Waals surface area contributed by atoms with Gasteiger partial charge in [0.05, 0.1) is 18.9 Å². The highest BCUT2D eigenvalue weighted by molar-refractivity contribution is 14.1. The van der Waals surface area contributed by atoms with Crippen molar-refractivity contribution in [3.63, 3.8) is 0 Å². The van der Waals surface area contributed by atoms with Gasteiger partial charge in [0.1, 0.15) is 11.5 Å². The van der Waals surface area contributed by atoms with E-state index in [1.165, 1.54) is 0 Å². The number of oxazole rings is 1. The fourth-order valence-corrected chi connectivity index (χ4v) is 1.84. The quantitative estimate of drug-likeness (QED) is 0.798. The second-order valence-corrected chi connectivity index (χ2v) is 4.28. The lowest BCUT2D eigenvalue weighted by Gasteiger charge is -2.03. The molecular weight excluding hydrogens is 305 g/mol. The Labute approximate surface area is 102 Å². The van der Waals surface area contributed by atoms with E-state index in [-0.39, 0.29) is 0 Å². The van der Waals surface area contributed by atoms with Gasteiger partial charge in [-0.3, -0.25) is 0 Å². The van der Waals surface area contributed by atoms with Crippen LogP contribution in [0.4, 0.5) is 0 Å². The molecule has 15 heavy (non-hydrogen) atoms. The van der Waals surface area contributed by atoms with Crippen LogP contribution in [0.5, 0.6) is 5.75 Å². The summed E-state index contributed by atoms with van der Waals surface area (Å²) in [4.78, 5) is 4.20. The molecule has 0 radical (unpaired) electrons. The van der Waals surface area contributed by atoms with E-state index < -0.39 is 0 Å². The van der Waals surface area contributed by atoms with Gasteiger partial charge < -0.3 is 9.15 Å². The van der Waals surface area contributed by atoms with Crippen LogP contribution in [0.15, 0.2) is 28.8 Å². The van der Waals surface area contributed by atoms with Crippen molar-refractivity contribution < 1.29 is 9.15 Å². The van der Waals surface area contributed by atoms with Crippen LogP contribution in [0.25, 0.3) is 11.5 Å². The van der Waals surface area contributed by atoms with E-state index in [0.29, 0.717) is 5.89 Å². The van der Waals surface area contributed by atoms with Crippen LogP contribution >= 0.6 is 22.6 Å². The molecule has 1 heterocycles. The third kappa shape index (κ3) is 2.14. The fourth-order valence-electron chi connectivity index (χ4n) is 1.27. The first-order valence-electron chi connectivity index (χ1n) is 4.47. The van der Waals surface area contributed by atoms with Crippen LogP contribution in [-0.4, -0.2) is 12.1 Å². The summed E-state index contributed by atoms with van der Waals surface area (Å²) >= 11 is 2.25. The Morgan fingerprint density at radius 1 is 1.40 bits per heavy atom. The first kappa shape index (κ1) is 10.5. The maximum Gasteiger partial charge on any atom is 0.227 e. The van der Waals surface area contributed by atoms with Crippen molar-refractivity contribution in [3.05, 3.63) is 33.7 Å². The maximum atomic E-state index is 5.48. The summed E-state index contributed by atoms with van der Waals surface area (Å²) < 4.78 is 11.7. The van der Waals surface area contributed by atoms with Crippen molar-refractivity contribution in [1.29, 1.82) is 0 Å². The number of hydrogen-bond acceptors (Lipinski definition) is 3. The van der Waals surface area contributed by atoms with Crippen molar-refractivity contribution in [2.75, 3.05) is 7.11 Å². The molecule has 0 spiro atoms. The average Bonchev–Trinajstić information content (AvgIpc) is 2.65. The molecule has 2 aromatic rings. The molecule has 0 aliphatic carbocycles. The Morgan fingerprint density at radius 2 is 2.20 bits per heavy atom. The number of hydrogen-bond donors (Lipinski definition) is 0. The van der Waals surface area contributed by atoms with Crippen molar-refractivity contribution >= 4 is 22.6 Å². The number of halogens is 1. The number of methoxy groups -OCH3 is 1. The van der Waals surface area contributed by atoms with Crippen LogP contribution < -0.4 is 4.74 Å². The van der Waals surface area contributed by atoms with Gasteiger partial charge in [0.2, 0.25) is 5.89 Å². The predicted molar refractivity (Wildman–Crippen MR) is 65.9 cm³/mol. The minimum absolute atomic E-state index is 0.635. The molecule has 0 aliphatic rings. The van der Waals surface area contributed by atoms with Gasteiger partial charge >= 0.3 is 0 Å². The molecule has 0 N–H and O–H groups in total. The summed E-state index contributed by atoms with van der Waals surface area (Å²) in [6, 6.07) is 5.82. The van der Waals surface area contributed by atoms with Crippen LogP contribution in [0.2, 0.25) is 0 Å². The lowest BCUT2D eigenvalue weighted by molar-refractivity contribution is 0.414. The van der Waals surface area contributed by atoms with Gasteiger partial charge in [-0.25, -0.2) is 4.98 Å². The Hall–Kier alpha value is -1.04. The largest absolute Gasteiger partial charge is 0.497 e. The topological polar surface area (TPSA) is 35.3 Å². The standard InChI is InChI=1S/C11H10INO2/c1-7-6-13-11(15-7)9-5-8(14-2)3-4-10(9)12/h3-6H,1-2H3. The number of aryl methyl sites for hydroxylation is 1. The zero-order valence-electron chi connectivity index (χ0n) is 8.45. The lowest BCUT2D eigenvalue weighted by atomic mass is 10.2. The third-order valence-corrected chi connectivity index (χ3v) is 2.97. The van der Waals surface area contributed by atoms with Crippen LogP contribution in [0, 0.1) is 10.5 Å². The zero-order valence-corrected chi connectivity index (χ0v) is 10.6. The van der Waals surface area contributed by atoms with Crippen molar-refractivity contribution in [3.8, 4) is 17.2 Å². The fraction of sp³-hybridized carbons (Fsp3) is 0.182. The molecule has 0 bridgehead atoms. The first-order valence-corrected chi connectivity index (χ1v) is 5.55. The number of aromatic nitrogens is 1. The molecule has 1 aromatic heterocycles. The number of benzene rings is 1. The Morgan fingerprint density at radius 3 is 2.80 bits per heavy atom. The first-order chi connectivity index (χ1) is 7.20. The van der Waals surface area contributed by atoms with Gasteiger partial charge in [0.25, 0.3) is 0 Å². The van der Waals surface area contributed by atoms with E-state index in [0.717, 1.165) is 20.6 Å². The summed E-state index contributed by atoms with van der Waals surface area (Å²) in [5.41, 5.74) is 0.961. The van der Waals surface area contributed by atoms with Gasteiger partial charge in [-0.2, -0.15) is 0 Å². The monoisotopic (exact) mass is 315 g/mol. The van der Waals surface area contributed by atoms with Crippen LogP contribution in [0.1, 0.15) is 5.76 Å². The SMILES string of the molecule is COc1ccc(I)c(-c2ncc(C)o2)c1. The highest BCUT2D eigenvalue weighted by Crippen LogP contribution is 2.28. The maximum absolute atomic E-state index is 5.48. The average molecular weight is 315 g/mol. The van der Waals surface area contributed by atoms with Crippen LogP contribution in [-0.2, 0) is 0 Å². The smallest absolute Gasteiger partial charge is 0.227 e. The lowest BCUT2D eigenvalue weighted by Crippen LogP contribution is -1.87. The van der Waals surface area contributed by atoms with Crippen LogP contribution in [0.3, 0.4) is 0 Å². The minimum atomic E-state index is 0.635. The molecule has 0 fully saturated rings. The van der Waals surface area contributed by atoms with Gasteiger partial charge in [-0.15, -0.1) is 0 Å². The third-order valence-electron chi connectivity index (χ3n) is 2.03. The highest BCUT2D eigenvalue weighted by Gasteiger charge is 2.09. The minimum Gasteiger partial charge on any atom is -0.497 e. The second-order valence-electron chi connectivity index (χ2n) is 3.12. The summed E-state index contributed by atoms with van der Waals surface area (Å²) in [5, 5.41) is 0. The summed E-state index contributed by atoms with van der Waals surface area (Å²) in [6.07, 6.45) is 1.71. The predicted octanol–water partition coefficient (Wildman–Crippen LogP) is 3.26. The zero-order chi connectivity index (χ0) is 10.8. The Kier molecular flexibility index (Phi) is 2.95. The molecule has 0 aliphatic heterocycles. The summed E-state index contributed by atoms with van der Waals surface area (Å²) in [7, 11) is 1.65. The molecule has 78 valence electrons. The molecule has 0 unspecified atom stereocenters. The van der Waals surface area contributed by atoms with E-state index in [1.54, 1.807) is 13.3 Å². The molecule has 1 aromatic carbocycles. The van der Waals surface area contributed by atoms with Crippen molar-refractivity contribution in [2.24, 2.45) is 0 Å². The van der Waals surface area contributed by atoms with E-state index in [2.05, 4.69) is 27.6 Å². The summed E-state index contributed by atoms with van der Waals surface area (Å²) in [6.45, 7) is 1.88. The van der Waals surface area contributed by atoms with E-state index in [1.807, 2.05) is 25.1 Å². The van der Waals surface area contributed by atoms with Gasteiger partial charge in [-0.1, -0.05) is 0 Å². The Bertz CT molecular complexity index is 479. The highest BCUT2D eigenvalue weighted by atomic mass is 127. The number of rotatable bonds is 2. The molecule has 0 saturated carbocycles. The van der Waals surface area contributed by atoms with Crippen molar-refractivity contribution in [1.82, 2.24) is 4.98 Å². The van der Waals surface area contributed by atoms with Crippen molar-refractivity contribution in [2.45, 2.75) is 6.92 Å². The normalized spacial score (nSPS) is 10.3. The number of nitrogens with zero attached hydrogens (tertiary/aromatic N) is 1. The number of ether oxygens (including phenoxy) is 1. The molecule has 0 amide bonds. The molecule has 0 saturated heterocycles. The van der Waals surface area contributed by atoms with E-state index >= 15 is 0 Å².